The van der Waals surface area contributed by atoms with Crippen LogP contribution in [-0.4, -0.2) is 31.1 Å². The number of aromatic nitrogens is 3. The minimum Gasteiger partial charge on any atom is -0.352 e. The van der Waals surface area contributed by atoms with Crippen molar-refractivity contribution in [2.24, 2.45) is 0 Å². The molecule has 1 N–H and O–H groups in total. The number of hydrogen-bond donors (Lipinski definition) is 1. The highest BCUT2D eigenvalue weighted by atomic mass is 32.1. The molecule has 1 saturated heterocycles. The van der Waals surface area contributed by atoms with Crippen LogP contribution in [0.15, 0.2) is 55.0 Å². The van der Waals surface area contributed by atoms with Gasteiger partial charge in [-0.1, -0.05) is 13.0 Å². The fourth-order valence-corrected chi connectivity index (χ4v) is 4.53. The van der Waals surface area contributed by atoms with Crippen molar-refractivity contribution in [3.8, 4) is 5.69 Å². The monoisotopic (exact) mass is 391 g/mol. The van der Waals surface area contributed by atoms with Gasteiger partial charge in [0.05, 0.1) is 29.7 Å². The van der Waals surface area contributed by atoms with Gasteiger partial charge < -0.3 is 14.8 Å². The molecule has 4 rings (SSSR count). The van der Waals surface area contributed by atoms with Gasteiger partial charge in [-0.2, -0.15) is 0 Å². The summed E-state index contributed by atoms with van der Waals surface area (Å²) in [4.78, 5) is 11.2. The van der Waals surface area contributed by atoms with Gasteiger partial charge in [0.15, 0.2) is 5.11 Å². The van der Waals surface area contributed by atoms with Gasteiger partial charge in [0.1, 0.15) is 0 Å². The first-order chi connectivity index (χ1) is 13.6. The third-order valence-corrected chi connectivity index (χ3v) is 5.71. The van der Waals surface area contributed by atoms with E-state index in [1.54, 1.807) is 6.20 Å². The van der Waals surface area contributed by atoms with Crippen molar-refractivity contribution in [1.82, 2.24) is 24.8 Å². The predicted molar refractivity (Wildman–Crippen MR) is 115 cm³/mol. The molecule has 3 aromatic heterocycles. The second-order valence-electron chi connectivity index (χ2n) is 7.19. The van der Waals surface area contributed by atoms with E-state index in [1.807, 2.05) is 30.6 Å². The summed E-state index contributed by atoms with van der Waals surface area (Å²) >= 11 is 5.71. The van der Waals surface area contributed by atoms with Crippen LogP contribution in [0.2, 0.25) is 0 Å². The fourth-order valence-electron chi connectivity index (χ4n) is 4.20. The lowest BCUT2D eigenvalue weighted by Gasteiger charge is -2.27. The van der Waals surface area contributed by atoms with Crippen LogP contribution in [0.25, 0.3) is 5.69 Å². The van der Waals surface area contributed by atoms with E-state index in [4.69, 9.17) is 12.2 Å². The molecule has 3 aromatic rings. The topological polar surface area (TPSA) is 46.0 Å². The Bertz CT molecular complexity index is 967. The van der Waals surface area contributed by atoms with Gasteiger partial charge in [0, 0.05) is 30.3 Å². The summed E-state index contributed by atoms with van der Waals surface area (Å²) in [7, 11) is 0. The van der Waals surface area contributed by atoms with E-state index in [1.165, 1.54) is 17.0 Å². The maximum absolute atomic E-state index is 5.71. The number of aryl methyl sites for hydroxylation is 1. The molecule has 0 saturated carbocycles. The molecule has 1 fully saturated rings. The summed E-state index contributed by atoms with van der Waals surface area (Å²) < 4.78 is 2.27. The van der Waals surface area contributed by atoms with Gasteiger partial charge in [-0.3, -0.25) is 9.97 Å². The third-order valence-electron chi connectivity index (χ3n) is 5.36. The first kappa shape index (κ1) is 18.6. The fraction of sp³-hybridized carbons (Fsp3) is 0.318. The number of rotatable bonds is 5. The number of pyridine rings is 2. The molecule has 0 spiro atoms. The van der Waals surface area contributed by atoms with E-state index in [-0.39, 0.29) is 12.1 Å². The molecule has 2 atom stereocenters. The average Bonchev–Trinajstić information content (AvgIpc) is 3.19. The molecule has 0 radical (unpaired) electrons. The summed E-state index contributed by atoms with van der Waals surface area (Å²) in [6.07, 6.45) is 6.59. The van der Waals surface area contributed by atoms with E-state index < -0.39 is 0 Å². The Hall–Kier alpha value is -2.73. The largest absolute Gasteiger partial charge is 0.352 e. The molecule has 5 nitrogen and oxygen atoms in total. The molecule has 28 heavy (non-hydrogen) atoms. The zero-order valence-electron chi connectivity index (χ0n) is 16.5. The quantitative estimate of drug-likeness (QED) is 0.658. The van der Waals surface area contributed by atoms with Crippen LogP contribution in [0.4, 0.5) is 0 Å². The summed E-state index contributed by atoms with van der Waals surface area (Å²) in [5, 5.41) is 4.32. The molecule has 1 aliphatic heterocycles. The number of nitrogens with one attached hydrogen (secondary N) is 1. The smallest absolute Gasteiger partial charge is 0.170 e. The number of thiocarbonyl (C=S) groups is 1. The van der Waals surface area contributed by atoms with Gasteiger partial charge in [-0.05, 0) is 68.4 Å². The van der Waals surface area contributed by atoms with Crippen LogP contribution in [0.3, 0.4) is 0 Å². The van der Waals surface area contributed by atoms with Gasteiger partial charge >= 0.3 is 0 Å². The molecule has 4 heterocycles. The standard InChI is InChI=1S/C22H25N5S/c1-4-12-26-21(20(25-22(26)28)19-9-5-6-11-24-19)18-13-15(2)27(16(18)3)17-8-7-10-23-14-17/h5-11,13-14,20-21H,4,12H2,1-3H3,(H,25,28). The van der Waals surface area contributed by atoms with Gasteiger partial charge in [-0.15, -0.1) is 0 Å². The van der Waals surface area contributed by atoms with Crippen molar-refractivity contribution in [3.05, 3.63) is 77.6 Å². The Balaban J connectivity index is 1.83. The maximum atomic E-state index is 5.71. The highest BCUT2D eigenvalue weighted by molar-refractivity contribution is 7.80. The van der Waals surface area contributed by atoms with Crippen LogP contribution >= 0.6 is 12.2 Å². The Morgan fingerprint density at radius 3 is 2.68 bits per heavy atom. The van der Waals surface area contributed by atoms with Gasteiger partial charge in [-0.25, -0.2) is 0 Å². The van der Waals surface area contributed by atoms with E-state index in [2.05, 4.69) is 63.7 Å². The van der Waals surface area contributed by atoms with Crippen molar-refractivity contribution in [1.29, 1.82) is 0 Å². The third kappa shape index (κ3) is 3.18. The molecule has 6 heteroatoms. The molecule has 1 aliphatic rings. The second kappa shape index (κ2) is 7.72. The Morgan fingerprint density at radius 2 is 2.00 bits per heavy atom. The van der Waals surface area contributed by atoms with Crippen molar-refractivity contribution in [2.75, 3.05) is 6.54 Å². The van der Waals surface area contributed by atoms with E-state index in [0.717, 1.165) is 29.5 Å². The maximum Gasteiger partial charge on any atom is 0.170 e. The number of hydrogen-bond acceptors (Lipinski definition) is 3. The first-order valence-corrected chi connectivity index (χ1v) is 10.1. The van der Waals surface area contributed by atoms with Crippen molar-refractivity contribution >= 4 is 17.3 Å². The van der Waals surface area contributed by atoms with E-state index >= 15 is 0 Å². The highest BCUT2D eigenvalue weighted by Crippen LogP contribution is 2.41. The average molecular weight is 392 g/mol. The van der Waals surface area contributed by atoms with Gasteiger partial charge in [0.25, 0.3) is 0 Å². The molecular weight excluding hydrogens is 366 g/mol. The van der Waals surface area contributed by atoms with Crippen LogP contribution < -0.4 is 5.32 Å². The lowest BCUT2D eigenvalue weighted by molar-refractivity contribution is 0.316. The van der Waals surface area contributed by atoms with E-state index in [9.17, 15) is 0 Å². The first-order valence-electron chi connectivity index (χ1n) is 9.69. The van der Waals surface area contributed by atoms with Crippen LogP contribution in [0.5, 0.6) is 0 Å². The van der Waals surface area contributed by atoms with Gasteiger partial charge in [0.2, 0.25) is 0 Å². The molecule has 0 aromatic carbocycles. The van der Waals surface area contributed by atoms with Crippen molar-refractivity contribution < 1.29 is 0 Å². The molecule has 2 unspecified atom stereocenters. The summed E-state index contributed by atoms with van der Waals surface area (Å²) in [6.45, 7) is 7.42. The lowest BCUT2D eigenvalue weighted by atomic mass is 9.96. The SMILES string of the molecule is CCCN1C(=S)NC(c2ccccn2)C1c1cc(C)n(-c2cccnc2)c1C. The van der Waals surface area contributed by atoms with E-state index in [0.29, 0.717) is 0 Å². The summed E-state index contributed by atoms with van der Waals surface area (Å²) in [6, 6.07) is 12.5. The second-order valence-corrected chi connectivity index (χ2v) is 7.58. The number of nitrogens with zero attached hydrogens (tertiary/aromatic N) is 4. The minimum absolute atomic E-state index is 0.0306. The zero-order chi connectivity index (χ0) is 19.7. The Kier molecular flexibility index (Phi) is 5.13. The normalized spacial score (nSPS) is 19.1. The van der Waals surface area contributed by atoms with Crippen LogP contribution in [-0.2, 0) is 0 Å². The summed E-state index contributed by atoms with van der Waals surface area (Å²) in [5.74, 6) is 0. The lowest BCUT2D eigenvalue weighted by Crippen LogP contribution is -2.30. The molecule has 144 valence electrons. The summed E-state index contributed by atoms with van der Waals surface area (Å²) in [5.41, 5.74) is 5.77. The Morgan fingerprint density at radius 1 is 1.14 bits per heavy atom. The van der Waals surface area contributed by atoms with Crippen LogP contribution in [0.1, 0.15) is 48.1 Å². The Labute approximate surface area is 171 Å². The highest BCUT2D eigenvalue weighted by Gasteiger charge is 2.40. The molecule has 0 aliphatic carbocycles. The predicted octanol–water partition coefficient (Wildman–Crippen LogP) is 4.27. The van der Waals surface area contributed by atoms with Crippen LogP contribution in [0, 0.1) is 13.8 Å². The van der Waals surface area contributed by atoms with Crippen molar-refractivity contribution in [2.45, 2.75) is 39.3 Å². The minimum atomic E-state index is 0.0306. The molecule has 0 amide bonds. The van der Waals surface area contributed by atoms with Crippen molar-refractivity contribution in [3.63, 3.8) is 0 Å². The molecular formula is C22H25N5S. The zero-order valence-corrected chi connectivity index (χ0v) is 17.3. The molecule has 0 bridgehead atoms.